The van der Waals surface area contributed by atoms with Crippen molar-refractivity contribution in [2.75, 3.05) is 0 Å². The van der Waals surface area contributed by atoms with Gasteiger partial charge >= 0.3 is 0 Å². The van der Waals surface area contributed by atoms with Crippen molar-refractivity contribution in [1.29, 1.82) is 0 Å². The Bertz CT molecular complexity index is 709. The van der Waals surface area contributed by atoms with E-state index in [2.05, 4.69) is 20.1 Å². The summed E-state index contributed by atoms with van der Waals surface area (Å²) in [5.41, 5.74) is 1.95. The fraction of sp³-hybridized carbons (Fsp3) is 0.357. The predicted molar refractivity (Wildman–Crippen MR) is 71.2 cm³/mol. The third-order valence-electron chi connectivity index (χ3n) is 3.71. The summed E-state index contributed by atoms with van der Waals surface area (Å²) in [6, 6.07) is 7.88. The molecule has 4 rings (SSSR count). The van der Waals surface area contributed by atoms with Crippen LogP contribution in [-0.2, 0) is 6.42 Å². The van der Waals surface area contributed by atoms with Crippen LogP contribution < -0.4 is 0 Å². The minimum atomic E-state index is -0.217. The fourth-order valence-corrected chi connectivity index (χ4v) is 2.53. The Labute approximate surface area is 114 Å². The number of rotatable bonds is 3. The fourth-order valence-electron chi connectivity index (χ4n) is 2.53. The number of aliphatic hydroxyl groups excluding tert-OH is 1. The average molecular weight is 270 g/mol. The van der Waals surface area contributed by atoms with Gasteiger partial charge in [0.1, 0.15) is 5.82 Å². The lowest BCUT2D eigenvalue weighted by molar-refractivity contribution is 0.0625. The summed E-state index contributed by atoms with van der Waals surface area (Å²) in [7, 11) is 0. The van der Waals surface area contributed by atoms with Gasteiger partial charge in [0.25, 0.3) is 0 Å². The maximum atomic E-state index is 9.30. The van der Waals surface area contributed by atoms with Gasteiger partial charge < -0.3 is 14.6 Å². The molecule has 1 aliphatic rings. The monoisotopic (exact) mass is 270 g/mol. The second kappa shape index (κ2) is 4.42. The van der Waals surface area contributed by atoms with Gasteiger partial charge in [0.2, 0.25) is 5.89 Å². The molecule has 3 aromatic rings. The molecular formula is C14H14N4O2. The quantitative estimate of drug-likeness (QED) is 0.757. The number of nitrogens with one attached hydrogen (secondary N) is 1. The summed E-state index contributed by atoms with van der Waals surface area (Å²) >= 11 is 0. The number of para-hydroxylation sites is 2. The molecule has 0 saturated heterocycles. The van der Waals surface area contributed by atoms with Crippen molar-refractivity contribution >= 4 is 11.0 Å². The van der Waals surface area contributed by atoms with E-state index in [4.69, 9.17) is 4.52 Å². The van der Waals surface area contributed by atoms with Crippen LogP contribution in [-0.4, -0.2) is 31.3 Å². The van der Waals surface area contributed by atoms with Gasteiger partial charge in [0.05, 0.1) is 23.6 Å². The van der Waals surface area contributed by atoms with Crippen molar-refractivity contribution in [1.82, 2.24) is 20.1 Å². The van der Waals surface area contributed by atoms with Crippen molar-refractivity contribution in [3.05, 3.63) is 41.8 Å². The van der Waals surface area contributed by atoms with Gasteiger partial charge in [-0.15, -0.1) is 0 Å². The lowest BCUT2D eigenvalue weighted by Crippen LogP contribution is -2.26. The molecule has 1 fully saturated rings. The first kappa shape index (κ1) is 11.6. The number of hydrogen-bond acceptors (Lipinski definition) is 5. The third kappa shape index (κ3) is 1.98. The standard InChI is InChI=1S/C14H14N4O2/c19-9-5-8(6-9)14-17-13(18-20-14)7-12-15-10-3-1-2-4-11(10)16-12/h1-4,8-9,19H,5-7H2,(H,15,16). The molecule has 1 aliphatic carbocycles. The van der Waals surface area contributed by atoms with E-state index in [9.17, 15) is 5.11 Å². The molecule has 0 bridgehead atoms. The second-order valence-electron chi connectivity index (χ2n) is 5.25. The lowest BCUT2D eigenvalue weighted by atomic mass is 9.82. The Kier molecular flexibility index (Phi) is 2.56. The minimum absolute atomic E-state index is 0.210. The molecule has 2 heterocycles. The van der Waals surface area contributed by atoms with E-state index in [1.807, 2.05) is 24.3 Å². The Morgan fingerprint density at radius 1 is 1.25 bits per heavy atom. The number of fused-ring (bicyclic) bond motifs is 1. The molecule has 0 aliphatic heterocycles. The maximum Gasteiger partial charge on any atom is 0.229 e. The van der Waals surface area contributed by atoms with Crippen LogP contribution >= 0.6 is 0 Å². The number of imidazole rings is 1. The highest BCUT2D eigenvalue weighted by Crippen LogP contribution is 2.35. The molecule has 0 atom stereocenters. The van der Waals surface area contributed by atoms with Crippen LogP contribution in [0.5, 0.6) is 0 Å². The molecule has 0 unspecified atom stereocenters. The van der Waals surface area contributed by atoms with Crippen LogP contribution in [0.25, 0.3) is 11.0 Å². The summed E-state index contributed by atoms with van der Waals surface area (Å²) in [6.45, 7) is 0. The van der Waals surface area contributed by atoms with Crippen LogP contribution in [0.2, 0.25) is 0 Å². The van der Waals surface area contributed by atoms with Crippen molar-refractivity contribution < 1.29 is 9.63 Å². The molecule has 1 aromatic carbocycles. The van der Waals surface area contributed by atoms with E-state index in [1.54, 1.807) is 0 Å². The van der Waals surface area contributed by atoms with Crippen LogP contribution in [0.15, 0.2) is 28.8 Å². The van der Waals surface area contributed by atoms with Crippen LogP contribution in [0.1, 0.15) is 36.3 Å². The molecular weight excluding hydrogens is 256 g/mol. The van der Waals surface area contributed by atoms with E-state index < -0.39 is 0 Å². The second-order valence-corrected chi connectivity index (χ2v) is 5.25. The van der Waals surface area contributed by atoms with Gasteiger partial charge in [-0.25, -0.2) is 4.98 Å². The number of hydrogen-bond donors (Lipinski definition) is 2. The molecule has 102 valence electrons. The zero-order valence-electron chi connectivity index (χ0n) is 10.8. The average Bonchev–Trinajstić information content (AvgIpc) is 3.01. The molecule has 2 aromatic heterocycles. The van der Waals surface area contributed by atoms with E-state index in [1.165, 1.54) is 0 Å². The molecule has 0 radical (unpaired) electrons. The van der Waals surface area contributed by atoms with Crippen LogP contribution in [0.4, 0.5) is 0 Å². The normalized spacial score (nSPS) is 22.1. The minimum Gasteiger partial charge on any atom is -0.393 e. The van der Waals surface area contributed by atoms with Crippen molar-refractivity contribution in [2.45, 2.75) is 31.3 Å². The van der Waals surface area contributed by atoms with Gasteiger partial charge in [-0.05, 0) is 25.0 Å². The number of aromatic amines is 1. The largest absolute Gasteiger partial charge is 0.393 e. The predicted octanol–water partition coefficient (Wildman–Crippen LogP) is 1.77. The highest BCUT2D eigenvalue weighted by Gasteiger charge is 2.33. The maximum absolute atomic E-state index is 9.30. The molecule has 0 amide bonds. The first-order valence-corrected chi connectivity index (χ1v) is 6.72. The third-order valence-corrected chi connectivity index (χ3v) is 3.71. The Morgan fingerprint density at radius 3 is 2.90 bits per heavy atom. The molecule has 20 heavy (non-hydrogen) atoms. The van der Waals surface area contributed by atoms with Crippen molar-refractivity contribution in [3.63, 3.8) is 0 Å². The number of aromatic nitrogens is 4. The van der Waals surface area contributed by atoms with Crippen molar-refractivity contribution in [2.24, 2.45) is 0 Å². The SMILES string of the molecule is OC1CC(c2nc(Cc3nc4ccccc4[nH]3)no2)C1. The van der Waals surface area contributed by atoms with Gasteiger partial charge in [-0.1, -0.05) is 17.3 Å². The van der Waals surface area contributed by atoms with E-state index >= 15 is 0 Å². The molecule has 2 N–H and O–H groups in total. The highest BCUT2D eigenvalue weighted by atomic mass is 16.5. The van der Waals surface area contributed by atoms with Gasteiger partial charge in [0.15, 0.2) is 5.82 Å². The summed E-state index contributed by atoms with van der Waals surface area (Å²) in [6.07, 6.45) is 1.73. The summed E-state index contributed by atoms with van der Waals surface area (Å²) in [5, 5.41) is 13.3. The summed E-state index contributed by atoms with van der Waals surface area (Å²) < 4.78 is 5.25. The van der Waals surface area contributed by atoms with Crippen molar-refractivity contribution in [3.8, 4) is 0 Å². The number of nitrogens with zero attached hydrogens (tertiary/aromatic N) is 3. The Morgan fingerprint density at radius 2 is 2.10 bits per heavy atom. The highest BCUT2D eigenvalue weighted by molar-refractivity contribution is 5.74. The van der Waals surface area contributed by atoms with Crippen LogP contribution in [0.3, 0.4) is 0 Å². The van der Waals surface area contributed by atoms with Crippen LogP contribution in [0, 0.1) is 0 Å². The number of benzene rings is 1. The first-order chi connectivity index (χ1) is 9.78. The number of aliphatic hydroxyl groups is 1. The van der Waals surface area contributed by atoms with Gasteiger partial charge in [-0.2, -0.15) is 4.98 Å². The first-order valence-electron chi connectivity index (χ1n) is 6.72. The molecule has 1 saturated carbocycles. The van der Waals surface area contributed by atoms with E-state index in [-0.39, 0.29) is 12.0 Å². The zero-order valence-corrected chi connectivity index (χ0v) is 10.8. The zero-order chi connectivity index (χ0) is 13.5. The molecule has 6 nitrogen and oxygen atoms in total. The van der Waals surface area contributed by atoms with E-state index in [0.717, 1.165) is 16.9 Å². The van der Waals surface area contributed by atoms with Gasteiger partial charge in [-0.3, -0.25) is 0 Å². The van der Waals surface area contributed by atoms with E-state index in [0.29, 0.717) is 31.0 Å². The molecule has 6 heteroatoms. The lowest BCUT2D eigenvalue weighted by Gasteiger charge is -2.27. The number of H-pyrrole nitrogens is 1. The Hall–Kier alpha value is -2.21. The topological polar surface area (TPSA) is 87.8 Å². The van der Waals surface area contributed by atoms with Gasteiger partial charge in [0, 0.05) is 5.92 Å². The smallest absolute Gasteiger partial charge is 0.229 e. The Balaban J connectivity index is 1.53. The summed E-state index contributed by atoms with van der Waals surface area (Å²) in [5.74, 6) is 2.29. The summed E-state index contributed by atoms with van der Waals surface area (Å²) in [4.78, 5) is 12.1. The molecule has 0 spiro atoms.